The molecule has 3 rings (SSSR count). The van der Waals surface area contributed by atoms with E-state index >= 15 is 0 Å². The zero-order chi connectivity index (χ0) is 43.7. The first-order valence-electron chi connectivity index (χ1n) is 20.9. The van der Waals surface area contributed by atoms with Crippen molar-refractivity contribution in [2.75, 3.05) is 18.5 Å². The first-order chi connectivity index (χ1) is 28.0. The summed E-state index contributed by atoms with van der Waals surface area (Å²) in [6, 6.07) is -1.96. The molecule has 0 aromatic carbocycles. The fraction of sp³-hybridized carbons (Fsp3) is 0.714. The van der Waals surface area contributed by atoms with Gasteiger partial charge in [0.1, 0.15) is 29.9 Å². The van der Waals surface area contributed by atoms with E-state index in [1.165, 1.54) is 6.92 Å². The highest BCUT2D eigenvalue weighted by molar-refractivity contribution is 9.09. The highest BCUT2D eigenvalue weighted by atomic mass is 79.9. The van der Waals surface area contributed by atoms with Gasteiger partial charge in [0.2, 0.25) is 29.5 Å². The fourth-order valence-corrected chi connectivity index (χ4v) is 7.29. The van der Waals surface area contributed by atoms with E-state index in [9.17, 15) is 33.9 Å². The number of carbonyl (C=O) groups excluding carboxylic acids is 6. The third-order valence-electron chi connectivity index (χ3n) is 10.8. The highest BCUT2D eigenvalue weighted by Crippen LogP contribution is 2.43. The molecule has 0 unspecified atom stereocenters. The van der Waals surface area contributed by atoms with Gasteiger partial charge in [-0.3, -0.25) is 39.6 Å². The second-order valence-corrected chi connectivity index (χ2v) is 16.9. The molecule has 3 fully saturated rings. The van der Waals surface area contributed by atoms with E-state index in [0.717, 1.165) is 31.3 Å². The number of unbranched alkanes of at least 4 members (excludes halogenated alkanes) is 2. The number of amides is 6. The summed E-state index contributed by atoms with van der Waals surface area (Å²) in [7, 11) is 0. The summed E-state index contributed by atoms with van der Waals surface area (Å²) in [6.07, 6.45) is 11.4. The maximum atomic E-state index is 13.0. The number of aliphatic hydroxyl groups excluding tert-OH is 1. The Bertz CT molecular complexity index is 1530. The van der Waals surface area contributed by atoms with Gasteiger partial charge in [-0.2, -0.15) is 0 Å². The van der Waals surface area contributed by atoms with Gasteiger partial charge in [0.05, 0.1) is 42.7 Å². The van der Waals surface area contributed by atoms with Crippen molar-refractivity contribution in [2.45, 2.75) is 160 Å². The van der Waals surface area contributed by atoms with E-state index in [1.54, 1.807) is 26.0 Å². The molecule has 0 aromatic rings. The smallest absolute Gasteiger partial charge is 0.260 e. The van der Waals surface area contributed by atoms with Crippen LogP contribution < -0.4 is 32.1 Å². The molecule has 7 N–H and O–H groups in total. The molecule has 6 amide bonds. The summed E-state index contributed by atoms with van der Waals surface area (Å²) in [4.78, 5) is 74.9. The minimum absolute atomic E-state index is 0.0154. The Kier molecular flexibility index (Phi) is 20.7. The molecule has 3 aliphatic heterocycles. The van der Waals surface area contributed by atoms with Crippen LogP contribution >= 0.6 is 15.9 Å². The molecule has 17 heteroatoms. The molecule has 3 aliphatic rings. The molecular formula is C42H67BrN6O10. The van der Waals surface area contributed by atoms with Crippen LogP contribution in [-0.4, -0.2) is 113 Å². The highest BCUT2D eigenvalue weighted by Gasteiger charge is 2.58. The Morgan fingerprint density at radius 3 is 2.32 bits per heavy atom. The van der Waals surface area contributed by atoms with E-state index in [-0.39, 0.29) is 66.0 Å². The second kappa shape index (κ2) is 24.6. The van der Waals surface area contributed by atoms with Crippen molar-refractivity contribution >= 4 is 51.4 Å². The molecule has 3 saturated heterocycles. The van der Waals surface area contributed by atoms with Crippen LogP contribution in [0.2, 0.25) is 0 Å². The van der Waals surface area contributed by atoms with E-state index in [2.05, 4.69) is 61.0 Å². The SMILES string of the molecule is CC/C=C\C(=O)N[C@@H]1C[C@H](C)[C@H](C/C=C(C)/C=C/[C@H]2O[C@H](CC(=O)NNC(=O)[C@H](C)NC(=O)[C@@H](NC(=O)CCCCCNC(=O)CBr)C(C)C)C[C@@]3(CO3)[C@@H]2O)O[C@@H]1C. The average Bonchev–Trinajstić information content (AvgIpc) is 3.97. The number of halogens is 1. The van der Waals surface area contributed by atoms with Crippen LogP contribution in [0.25, 0.3) is 0 Å². The van der Waals surface area contributed by atoms with Crippen molar-refractivity contribution in [3.63, 3.8) is 0 Å². The fourth-order valence-electron chi connectivity index (χ4n) is 7.10. The lowest BCUT2D eigenvalue weighted by Gasteiger charge is -2.39. The molecule has 0 saturated carbocycles. The van der Waals surface area contributed by atoms with Crippen molar-refractivity contribution < 1.29 is 48.1 Å². The number of nitrogens with one attached hydrogen (secondary N) is 6. The first kappa shape index (κ1) is 49.7. The number of hydrogen-bond donors (Lipinski definition) is 7. The Labute approximate surface area is 357 Å². The van der Waals surface area contributed by atoms with Gasteiger partial charge in [-0.25, -0.2) is 0 Å². The van der Waals surface area contributed by atoms with Crippen LogP contribution in [0.15, 0.2) is 36.0 Å². The lowest BCUT2D eigenvalue weighted by atomic mass is 9.87. The van der Waals surface area contributed by atoms with Crippen molar-refractivity contribution in [1.29, 1.82) is 0 Å². The molecule has 0 aromatic heterocycles. The molecule has 10 atom stereocenters. The monoisotopic (exact) mass is 894 g/mol. The van der Waals surface area contributed by atoms with Crippen molar-refractivity contribution in [3.05, 3.63) is 36.0 Å². The molecule has 16 nitrogen and oxygen atoms in total. The lowest BCUT2D eigenvalue weighted by molar-refractivity contribution is -0.146. The molecule has 0 bridgehead atoms. The van der Waals surface area contributed by atoms with Gasteiger partial charge in [0.25, 0.3) is 5.91 Å². The van der Waals surface area contributed by atoms with Crippen molar-refractivity contribution in [2.24, 2.45) is 11.8 Å². The Morgan fingerprint density at radius 1 is 0.932 bits per heavy atom. The number of aliphatic hydroxyl groups is 1. The Hall–Kier alpha value is -3.64. The number of rotatable bonds is 21. The lowest BCUT2D eigenvalue weighted by Crippen LogP contribution is -2.56. The van der Waals surface area contributed by atoms with Gasteiger partial charge >= 0.3 is 0 Å². The molecule has 0 radical (unpaired) electrons. The Balaban J connectivity index is 1.43. The third kappa shape index (κ3) is 16.7. The van der Waals surface area contributed by atoms with Crippen LogP contribution in [0, 0.1) is 11.8 Å². The Morgan fingerprint density at radius 2 is 1.66 bits per heavy atom. The van der Waals surface area contributed by atoms with Crippen LogP contribution in [0.4, 0.5) is 0 Å². The number of carbonyl (C=O) groups is 6. The molecular weight excluding hydrogens is 828 g/mol. The van der Waals surface area contributed by atoms with E-state index in [4.69, 9.17) is 14.2 Å². The van der Waals surface area contributed by atoms with Gasteiger partial charge in [0.15, 0.2) is 0 Å². The maximum Gasteiger partial charge on any atom is 0.260 e. The van der Waals surface area contributed by atoms with Gasteiger partial charge in [-0.05, 0) is 70.8 Å². The van der Waals surface area contributed by atoms with Gasteiger partial charge in [-0.15, -0.1) is 0 Å². The van der Waals surface area contributed by atoms with Crippen LogP contribution in [0.3, 0.4) is 0 Å². The topological polar surface area (TPSA) is 226 Å². The van der Waals surface area contributed by atoms with Gasteiger partial charge in [0, 0.05) is 19.4 Å². The number of ether oxygens (including phenoxy) is 3. The number of epoxide rings is 1. The summed E-state index contributed by atoms with van der Waals surface area (Å²) in [5, 5.41) is 22.5. The van der Waals surface area contributed by atoms with Crippen molar-refractivity contribution in [3.8, 4) is 0 Å². The number of allylic oxidation sites excluding steroid dienone is 3. The normalized spacial score (nSPS) is 27.9. The third-order valence-corrected chi connectivity index (χ3v) is 11.3. The van der Waals surface area contributed by atoms with Gasteiger partial charge < -0.3 is 40.6 Å². The standard InChI is InChI=1S/C42H67BrN6O10/c1-8-9-13-34(50)46-31-20-27(5)32(58-29(31)7)17-15-26(4)16-18-33-39(54)42(24-57-42)22-30(59-33)21-36(52)48-49-40(55)28(6)45-41(56)38(25(2)3)47-35(51)14-11-10-12-19-44-37(53)23-43/h9,13,15-16,18,25,27-33,38-39,54H,8,10-12,14,17,19-24H2,1-7H3,(H,44,53)(H,45,56)(H,46,50)(H,47,51)(H,48,52)(H,49,55)/b13-9-,18-16+,26-15+/t27-,28-,29+,30+,31+,32-,33+,38-,39+,42+/m0/s1. The van der Waals surface area contributed by atoms with Gasteiger partial charge in [-0.1, -0.05) is 79.9 Å². The number of alkyl halides is 1. The quantitative estimate of drug-likeness (QED) is 0.0223. The minimum atomic E-state index is -1.03. The summed E-state index contributed by atoms with van der Waals surface area (Å²) >= 11 is 3.09. The second-order valence-electron chi connectivity index (χ2n) is 16.3. The van der Waals surface area contributed by atoms with E-state index < -0.39 is 53.7 Å². The molecule has 0 aliphatic carbocycles. The number of hydrazine groups is 1. The van der Waals surface area contributed by atoms with Crippen LogP contribution in [0.5, 0.6) is 0 Å². The summed E-state index contributed by atoms with van der Waals surface area (Å²) < 4.78 is 18.1. The van der Waals surface area contributed by atoms with E-state index in [1.807, 2.05) is 32.9 Å². The number of hydrogen-bond acceptors (Lipinski definition) is 10. The van der Waals surface area contributed by atoms with Crippen molar-refractivity contribution in [1.82, 2.24) is 32.1 Å². The maximum absolute atomic E-state index is 13.0. The first-order valence-corrected chi connectivity index (χ1v) is 22.1. The average molecular weight is 896 g/mol. The molecule has 59 heavy (non-hydrogen) atoms. The summed E-state index contributed by atoms with van der Waals surface area (Å²) in [6.45, 7) is 13.9. The zero-order valence-corrected chi connectivity index (χ0v) is 37.2. The largest absolute Gasteiger partial charge is 0.387 e. The summed E-state index contributed by atoms with van der Waals surface area (Å²) in [5.74, 6) is -2.25. The molecule has 332 valence electrons. The predicted molar refractivity (Wildman–Crippen MR) is 226 cm³/mol. The minimum Gasteiger partial charge on any atom is -0.387 e. The predicted octanol–water partition coefficient (Wildman–Crippen LogP) is 2.69. The van der Waals surface area contributed by atoms with Crippen LogP contribution in [0.1, 0.15) is 106 Å². The zero-order valence-electron chi connectivity index (χ0n) is 35.6. The molecule has 1 spiro atoms. The summed E-state index contributed by atoms with van der Waals surface area (Å²) in [5.41, 5.74) is 4.86. The van der Waals surface area contributed by atoms with E-state index in [0.29, 0.717) is 32.4 Å². The van der Waals surface area contributed by atoms with Crippen LogP contribution in [-0.2, 0) is 43.0 Å². The molecule has 3 heterocycles.